The number of rotatable bonds is 4. The minimum Gasteiger partial charge on any atom is -0.384 e. The highest BCUT2D eigenvalue weighted by atomic mass is 32.1. The first-order chi connectivity index (χ1) is 8.10. The number of hydrogen-bond donors (Lipinski definition) is 2. The molecule has 0 aromatic carbocycles. The van der Waals surface area contributed by atoms with Gasteiger partial charge in [-0.25, -0.2) is 0 Å². The fourth-order valence-corrected chi connectivity index (χ4v) is 4.01. The maximum atomic E-state index is 10.4. The smallest absolute Gasteiger partial charge is 0.1000 e. The molecule has 0 aliphatic heterocycles. The van der Waals surface area contributed by atoms with Crippen LogP contribution in [0.5, 0.6) is 0 Å². The number of aliphatic hydroxyl groups is 1. The molecule has 1 heterocycles. The highest BCUT2D eigenvalue weighted by Crippen LogP contribution is 2.55. The van der Waals surface area contributed by atoms with E-state index in [1.807, 2.05) is 23.8 Å². The van der Waals surface area contributed by atoms with Gasteiger partial charge in [-0.15, -0.1) is 0 Å². The van der Waals surface area contributed by atoms with Crippen molar-refractivity contribution in [3.63, 3.8) is 0 Å². The van der Waals surface area contributed by atoms with E-state index in [4.69, 9.17) is 0 Å². The molecule has 0 amide bonds. The van der Waals surface area contributed by atoms with Crippen molar-refractivity contribution in [1.29, 1.82) is 0 Å². The maximum Gasteiger partial charge on any atom is 0.1000 e. The molecule has 0 saturated heterocycles. The van der Waals surface area contributed by atoms with Crippen LogP contribution < -0.4 is 5.32 Å². The maximum absolute atomic E-state index is 10.4. The molecule has 17 heavy (non-hydrogen) atoms. The molecule has 0 radical (unpaired) electrons. The van der Waals surface area contributed by atoms with Crippen LogP contribution in [0, 0.1) is 5.41 Å². The van der Waals surface area contributed by atoms with E-state index < -0.39 is 5.60 Å². The van der Waals surface area contributed by atoms with Crippen molar-refractivity contribution in [2.45, 2.75) is 50.7 Å². The molecular formula is C14H21NOS. The van der Waals surface area contributed by atoms with E-state index in [1.165, 1.54) is 32.1 Å². The van der Waals surface area contributed by atoms with Crippen molar-refractivity contribution in [2.75, 3.05) is 6.54 Å². The van der Waals surface area contributed by atoms with Crippen LogP contribution in [0.2, 0.25) is 0 Å². The van der Waals surface area contributed by atoms with Gasteiger partial charge in [0, 0.05) is 12.6 Å². The van der Waals surface area contributed by atoms with E-state index in [1.54, 1.807) is 11.3 Å². The molecule has 0 bridgehead atoms. The van der Waals surface area contributed by atoms with Crippen LogP contribution in [0.25, 0.3) is 0 Å². The van der Waals surface area contributed by atoms with Crippen LogP contribution in [0.4, 0.5) is 0 Å². The molecule has 1 aromatic heterocycles. The first kappa shape index (κ1) is 11.7. The number of nitrogens with one attached hydrogen (secondary N) is 1. The van der Waals surface area contributed by atoms with Gasteiger partial charge >= 0.3 is 0 Å². The largest absolute Gasteiger partial charge is 0.384 e. The number of hydrogen-bond acceptors (Lipinski definition) is 3. The standard InChI is InChI=1S/C14H21NOS/c1-13(16,11-3-6-17-9-11)10-15-12-7-14(8-12)4-2-5-14/h3,6,9,12,15-16H,2,4-5,7-8,10H2,1H3. The Balaban J connectivity index is 1.48. The highest BCUT2D eigenvalue weighted by Gasteiger charge is 2.48. The van der Waals surface area contributed by atoms with Gasteiger partial charge in [0.15, 0.2) is 0 Å². The second-order valence-electron chi connectivity index (χ2n) is 6.13. The monoisotopic (exact) mass is 251 g/mol. The van der Waals surface area contributed by atoms with Gasteiger partial charge in [0.25, 0.3) is 0 Å². The summed E-state index contributed by atoms with van der Waals surface area (Å²) in [4.78, 5) is 0. The lowest BCUT2D eigenvalue weighted by Gasteiger charge is -2.54. The quantitative estimate of drug-likeness (QED) is 0.862. The van der Waals surface area contributed by atoms with E-state index >= 15 is 0 Å². The fourth-order valence-electron chi connectivity index (χ4n) is 3.23. The summed E-state index contributed by atoms with van der Waals surface area (Å²) in [5.74, 6) is 0. The van der Waals surface area contributed by atoms with E-state index in [0.29, 0.717) is 18.0 Å². The lowest BCUT2D eigenvalue weighted by molar-refractivity contribution is -0.0167. The summed E-state index contributed by atoms with van der Waals surface area (Å²) in [6.45, 7) is 2.57. The van der Waals surface area contributed by atoms with Crippen LogP contribution in [0.15, 0.2) is 16.8 Å². The zero-order chi connectivity index (χ0) is 11.9. The second kappa shape index (κ2) is 4.08. The molecule has 1 atom stereocenters. The van der Waals surface area contributed by atoms with Crippen molar-refractivity contribution in [1.82, 2.24) is 5.32 Å². The van der Waals surface area contributed by atoms with Crippen molar-refractivity contribution in [3.8, 4) is 0 Å². The average Bonchev–Trinajstić information content (AvgIpc) is 2.65. The van der Waals surface area contributed by atoms with E-state index in [-0.39, 0.29) is 0 Å². The van der Waals surface area contributed by atoms with Crippen LogP contribution in [-0.2, 0) is 5.60 Å². The van der Waals surface area contributed by atoms with Crippen molar-refractivity contribution >= 4 is 11.3 Å². The third kappa shape index (κ3) is 2.16. The molecule has 2 aliphatic rings. The zero-order valence-electron chi connectivity index (χ0n) is 10.4. The van der Waals surface area contributed by atoms with Crippen molar-refractivity contribution in [2.24, 2.45) is 5.41 Å². The lowest BCUT2D eigenvalue weighted by atomic mass is 9.54. The van der Waals surface area contributed by atoms with Gasteiger partial charge in [-0.3, -0.25) is 0 Å². The Kier molecular flexibility index (Phi) is 2.80. The van der Waals surface area contributed by atoms with Crippen LogP contribution in [0.1, 0.15) is 44.6 Å². The molecule has 2 fully saturated rings. The Morgan fingerprint density at radius 3 is 2.82 bits per heavy atom. The topological polar surface area (TPSA) is 32.3 Å². The van der Waals surface area contributed by atoms with Crippen LogP contribution in [0.3, 0.4) is 0 Å². The first-order valence-corrected chi connectivity index (χ1v) is 7.52. The predicted octanol–water partition coefficient (Wildman–Crippen LogP) is 2.88. The molecule has 2 saturated carbocycles. The summed E-state index contributed by atoms with van der Waals surface area (Å²) in [5.41, 5.74) is 1.03. The molecule has 2 nitrogen and oxygen atoms in total. The lowest BCUT2D eigenvalue weighted by Crippen LogP contribution is -2.54. The SMILES string of the molecule is CC(O)(CNC1CC2(CCC2)C1)c1ccsc1. The minimum atomic E-state index is -0.720. The van der Waals surface area contributed by atoms with Gasteiger partial charge in [-0.1, -0.05) is 6.42 Å². The van der Waals surface area contributed by atoms with Gasteiger partial charge < -0.3 is 10.4 Å². The summed E-state index contributed by atoms with van der Waals surface area (Å²) >= 11 is 1.65. The van der Waals surface area contributed by atoms with Gasteiger partial charge in [0.05, 0.1) is 5.60 Å². The van der Waals surface area contributed by atoms with Crippen LogP contribution >= 0.6 is 11.3 Å². The highest BCUT2D eigenvalue weighted by molar-refractivity contribution is 7.08. The van der Waals surface area contributed by atoms with Gasteiger partial charge in [-0.2, -0.15) is 11.3 Å². The summed E-state index contributed by atoms with van der Waals surface area (Å²) < 4.78 is 0. The normalized spacial score (nSPS) is 26.2. The first-order valence-electron chi connectivity index (χ1n) is 6.58. The van der Waals surface area contributed by atoms with Crippen molar-refractivity contribution < 1.29 is 5.11 Å². The molecule has 1 spiro atoms. The van der Waals surface area contributed by atoms with Gasteiger partial charge in [0.1, 0.15) is 0 Å². The zero-order valence-corrected chi connectivity index (χ0v) is 11.2. The Labute approximate surface area is 107 Å². The second-order valence-corrected chi connectivity index (χ2v) is 6.91. The molecule has 1 aromatic rings. The van der Waals surface area contributed by atoms with E-state index in [2.05, 4.69) is 5.32 Å². The molecule has 3 rings (SSSR count). The third-order valence-electron chi connectivity index (χ3n) is 4.65. The van der Waals surface area contributed by atoms with Gasteiger partial charge in [0.2, 0.25) is 0 Å². The van der Waals surface area contributed by atoms with Gasteiger partial charge in [-0.05, 0) is 60.4 Å². The Hall–Kier alpha value is -0.380. The number of thiophene rings is 1. The van der Waals surface area contributed by atoms with Crippen LogP contribution in [-0.4, -0.2) is 17.7 Å². The summed E-state index contributed by atoms with van der Waals surface area (Å²) in [7, 11) is 0. The average molecular weight is 251 g/mol. The summed E-state index contributed by atoms with van der Waals surface area (Å²) in [5, 5.41) is 18.0. The molecule has 3 heteroatoms. The van der Waals surface area contributed by atoms with E-state index in [9.17, 15) is 5.11 Å². The molecule has 1 unspecified atom stereocenters. The Bertz CT molecular complexity index is 373. The molecule has 94 valence electrons. The molecule has 2 aliphatic carbocycles. The minimum absolute atomic E-state index is 0.639. The molecule has 2 N–H and O–H groups in total. The van der Waals surface area contributed by atoms with Crippen molar-refractivity contribution in [3.05, 3.63) is 22.4 Å². The molecular weight excluding hydrogens is 230 g/mol. The summed E-state index contributed by atoms with van der Waals surface area (Å²) in [6, 6.07) is 2.65. The Morgan fingerprint density at radius 1 is 1.53 bits per heavy atom. The summed E-state index contributed by atoms with van der Waals surface area (Å²) in [6.07, 6.45) is 6.96. The predicted molar refractivity (Wildman–Crippen MR) is 71.2 cm³/mol. The van der Waals surface area contributed by atoms with E-state index in [0.717, 1.165) is 5.56 Å². The third-order valence-corrected chi connectivity index (χ3v) is 5.33. The fraction of sp³-hybridized carbons (Fsp3) is 0.714. The Morgan fingerprint density at radius 2 is 2.29 bits per heavy atom.